The molecule has 0 spiro atoms. The summed E-state index contributed by atoms with van der Waals surface area (Å²) in [7, 11) is 3.20. The Morgan fingerprint density at radius 1 is 1.39 bits per heavy atom. The Balaban J connectivity index is 2.38. The lowest BCUT2D eigenvalue weighted by Crippen LogP contribution is -2.29. The maximum Gasteiger partial charge on any atom is 0.223 e. The predicted octanol–water partition coefficient (Wildman–Crippen LogP) is 1.61. The number of nitrogens with one attached hydrogen (secondary N) is 1. The summed E-state index contributed by atoms with van der Waals surface area (Å²) in [4.78, 5) is 4.43. The van der Waals surface area contributed by atoms with Gasteiger partial charge in [0.15, 0.2) is 0 Å². The van der Waals surface area contributed by atoms with Gasteiger partial charge in [-0.1, -0.05) is 6.07 Å². The van der Waals surface area contributed by atoms with Crippen LogP contribution in [-0.4, -0.2) is 37.5 Å². The van der Waals surface area contributed by atoms with Crippen molar-refractivity contribution in [2.24, 2.45) is 4.99 Å². The fourth-order valence-electron chi connectivity index (χ4n) is 2.05. The third-order valence-electron chi connectivity index (χ3n) is 2.81. The number of aliphatic imine (C=N–C) groups is 1. The summed E-state index contributed by atoms with van der Waals surface area (Å²) >= 11 is 0. The molecule has 0 saturated carbocycles. The third kappa shape index (κ3) is 2.41. The van der Waals surface area contributed by atoms with E-state index in [0.29, 0.717) is 12.3 Å². The summed E-state index contributed by atoms with van der Waals surface area (Å²) in [6.45, 7) is 1.74. The molecule has 0 radical (unpaired) electrons. The van der Waals surface area contributed by atoms with Crippen LogP contribution in [0, 0.1) is 0 Å². The number of methoxy groups -OCH3 is 2. The van der Waals surface area contributed by atoms with Gasteiger partial charge in [-0.15, -0.1) is 0 Å². The van der Waals surface area contributed by atoms with Crippen LogP contribution in [0.2, 0.25) is 0 Å². The first-order valence-electron chi connectivity index (χ1n) is 5.89. The van der Waals surface area contributed by atoms with E-state index in [1.807, 2.05) is 18.2 Å². The number of nitrogens with zero attached hydrogens (tertiary/aromatic N) is 1. The summed E-state index contributed by atoms with van der Waals surface area (Å²) in [5.74, 6) is 1.25. The number of fused-ring (bicyclic) bond motifs is 1. The van der Waals surface area contributed by atoms with Crippen molar-refractivity contribution < 1.29 is 14.6 Å². The first-order valence-corrected chi connectivity index (χ1v) is 5.89. The molecule has 2 atom stereocenters. The van der Waals surface area contributed by atoms with Crippen molar-refractivity contribution in [3.05, 3.63) is 23.8 Å². The van der Waals surface area contributed by atoms with Crippen molar-refractivity contribution in [3.63, 3.8) is 0 Å². The van der Waals surface area contributed by atoms with Crippen LogP contribution < -0.4 is 10.1 Å². The molecule has 1 aromatic carbocycles. The van der Waals surface area contributed by atoms with Gasteiger partial charge in [0.25, 0.3) is 0 Å². The molecule has 1 aliphatic heterocycles. The van der Waals surface area contributed by atoms with Gasteiger partial charge in [-0.05, 0) is 19.1 Å². The number of aliphatic hydroxyl groups excluding tert-OH is 1. The molecule has 0 aromatic heterocycles. The first-order chi connectivity index (χ1) is 8.65. The summed E-state index contributed by atoms with van der Waals surface area (Å²) in [6, 6.07) is 5.72. The highest BCUT2D eigenvalue weighted by Crippen LogP contribution is 2.31. The number of benzene rings is 1. The molecule has 5 heteroatoms. The number of hydrogen-bond donors (Lipinski definition) is 2. The van der Waals surface area contributed by atoms with Crippen LogP contribution in [0.25, 0.3) is 0 Å². The molecule has 1 heterocycles. The fraction of sp³-hybridized carbons (Fsp3) is 0.462. The lowest BCUT2D eigenvalue weighted by Gasteiger charge is -2.26. The summed E-state index contributed by atoms with van der Waals surface area (Å²) < 4.78 is 10.6. The van der Waals surface area contributed by atoms with Gasteiger partial charge in [0.05, 0.1) is 26.0 Å². The quantitative estimate of drug-likeness (QED) is 0.855. The summed E-state index contributed by atoms with van der Waals surface area (Å²) in [6.07, 6.45) is -0.0696. The van der Waals surface area contributed by atoms with Crippen molar-refractivity contribution in [3.8, 4) is 5.75 Å². The molecule has 18 heavy (non-hydrogen) atoms. The molecule has 2 unspecified atom stereocenters. The second-order valence-corrected chi connectivity index (χ2v) is 4.27. The largest absolute Gasteiger partial charge is 0.496 e. The Bertz CT molecular complexity index is 458. The summed E-state index contributed by atoms with van der Waals surface area (Å²) in [5, 5.41) is 12.7. The Kier molecular flexibility index (Phi) is 3.72. The molecule has 0 bridgehead atoms. The van der Waals surface area contributed by atoms with Crippen LogP contribution in [0.3, 0.4) is 0 Å². The fourth-order valence-corrected chi connectivity index (χ4v) is 2.05. The van der Waals surface area contributed by atoms with Gasteiger partial charge in [0.2, 0.25) is 5.90 Å². The number of anilines is 1. The van der Waals surface area contributed by atoms with Gasteiger partial charge in [0.1, 0.15) is 17.5 Å². The van der Waals surface area contributed by atoms with Gasteiger partial charge in [-0.25, -0.2) is 4.99 Å². The van der Waals surface area contributed by atoms with E-state index in [4.69, 9.17) is 9.47 Å². The predicted molar refractivity (Wildman–Crippen MR) is 70.2 cm³/mol. The van der Waals surface area contributed by atoms with Crippen LogP contribution in [0.5, 0.6) is 5.75 Å². The first kappa shape index (κ1) is 12.7. The molecular weight excluding hydrogens is 232 g/mol. The lowest BCUT2D eigenvalue weighted by molar-refractivity contribution is 0.178. The highest BCUT2D eigenvalue weighted by Gasteiger charge is 2.24. The van der Waals surface area contributed by atoms with E-state index in [2.05, 4.69) is 10.3 Å². The van der Waals surface area contributed by atoms with E-state index in [1.165, 1.54) is 0 Å². The van der Waals surface area contributed by atoms with Crippen LogP contribution in [0.4, 0.5) is 5.69 Å². The van der Waals surface area contributed by atoms with Gasteiger partial charge < -0.3 is 19.9 Å². The zero-order chi connectivity index (χ0) is 13.1. The average Bonchev–Trinajstić information content (AvgIpc) is 2.36. The maximum atomic E-state index is 9.44. The molecule has 5 nitrogen and oxygen atoms in total. The van der Waals surface area contributed by atoms with E-state index >= 15 is 0 Å². The molecular formula is C13H18N2O3. The van der Waals surface area contributed by atoms with Gasteiger partial charge >= 0.3 is 0 Å². The monoisotopic (exact) mass is 250 g/mol. The van der Waals surface area contributed by atoms with Gasteiger partial charge in [-0.3, -0.25) is 0 Å². The maximum absolute atomic E-state index is 9.44. The Morgan fingerprint density at radius 2 is 2.17 bits per heavy atom. The van der Waals surface area contributed by atoms with Crippen LogP contribution >= 0.6 is 0 Å². The number of hydrogen-bond acceptors (Lipinski definition) is 5. The van der Waals surface area contributed by atoms with E-state index in [1.54, 1.807) is 21.1 Å². The normalized spacial score (nSPS) is 19.3. The van der Waals surface area contributed by atoms with Crippen LogP contribution in [0.1, 0.15) is 18.9 Å². The lowest BCUT2D eigenvalue weighted by atomic mass is 10.1. The number of ether oxygens (including phenoxy) is 2. The van der Waals surface area contributed by atoms with E-state index in [-0.39, 0.29) is 6.17 Å². The Hall–Kier alpha value is -1.75. The molecule has 2 rings (SSSR count). The Morgan fingerprint density at radius 3 is 2.78 bits per heavy atom. The van der Waals surface area contributed by atoms with Crippen molar-refractivity contribution in [1.29, 1.82) is 0 Å². The second-order valence-electron chi connectivity index (χ2n) is 4.27. The SMILES string of the molecule is COC1=NC(CC(C)O)Nc2cccc(OC)c21. The topological polar surface area (TPSA) is 63.1 Å². The van der Waals surface area contributed by atoms with Crippen molar-refractivity contribution in [2.45, 2.75) is 25.6 Å². The molecule has 0 saturated heterocycles. The molecule has 0 amide bonds. The highest BCUT2D eigenvalue weighted by atomic mass is 16.5. The van der Waals surface area contributed by atoms with Crippen LogP contribution in [-0.2, 0) is 4.74 Å². The highest BCUT2D eigenvalue weighted by molar-refractivity contribution is 6.03. The second kappa shape index (κ2) is 5.27. The molecule has 1 aromatic rings. The minimum atomic E-state index is -0.420. The van der Waals surface area contributed by atoms with Crippen molar-refractivity contribution in [1.82, 2.24) is 0 Å². The standard InChI is InChI=1S/C13H18N2O3/c1-8(16)7-11-14-9-5-4-6-10(17-2)12(9)13(15-11)18-3/h4-6,8,11,14,16H,7H2,1-3H3. The van der Waals surface area contributed by atoms with Crippen molar-refractivity contribution >= 4 is 11.6 Å². The minimum Gasteiger partial charge on any atom is -0.496 e. The van der Waals surface area contributed by atoms with E-state index in [0.717, 1.165) is 17.0 Å². The zero-order valence-corrected chi connectivity index (χ0v) is 10.8. The number of aliphatic hydroxyl groups is 1. The molecule has 1 aliphatic rings. The van der Waals surface area contributed by atoms with Gasteiger partial charge in [-0.2, -0.15) is 0 Å². The molecule has 98 valence electrons. The van der Waals surface area contributed by atoms with Crippen molar-refractivity contribution in [2.75, 3.05) is 19.5 Å². The van der Waals surface area contributed by atoms with Gasteiger partial charge in [0, 0.05) is 6.42 Å². The molecule has 2 N–H and O–H groups in total. The summed E-state index contributed by atoms with van der Waals surface area (Å²) in [5.41, 5.74) is 1.73. The van der Waals surface area contributed by atoms with E-state index in [9.17, 15) is 5.11 Å². The zero-order valence-electron chi connectivity index (χ0n) is 10.8. The number of rotatable bonds is 3. The minimum absolute atomic E-state index is 0.181. The molecule has 0 fully saturated rings. The average molecular weight is 250 g/mol. The van der Waals surface area contributed by atoms with Crippen LogP contribution in [0.15, 0.2) is 23.2 Å². The van der Waals surface area contributed by atoms with E-state index < -0.39 is 6.10 Å². The Labute approximate surface area is 106 Å². The third-order valence-corrected chi connectivity index (χ3v) is 2.81. The molecule has 0 aliphatic carbocycles. The smallest absolute Gasteiger partial charge is 0.223 e.